The first-order valence-corrected chi connectivity index (χ1v) is 6.50. The number of hydrogen-bond acceptors (Lipinski definition) is 4. The molecule has 5 heteroatoms. The Balaban J connectivity index is 1.74. The Kier molecular flexibility index (Phi) is 2.91. The molecule has 2 N–H and O–H groups in total. The van der Waals surface area contributed by atoms with Crippen molar-refractivity contribution in [3.8, 4) is 0 Å². The van der Waals surface area contributed by atoms with E-state index in [1.807, 2.05) is 16.8 Å². The van der Waals surface area contributed by atoms with E-state index in [9.17, 15) is 0 Å². The van der Waals surface area contributed by atoms with Gasteiger partial charge in [-0.2, -0.15) is 5.10 Å². The summed E-state index contributed by atoms with van der Waals surface area (Å²) in [6.45, 7) is 5.54. The van der Waals surface area contributed by atoms with Crippen molar-refractivity contribution in [2.24, 2.45) is 5.41 Å². The molecule has 0 unspecified atom stereocenters. The lowest BCUT2D eigenvalue weighted by Gasteiger charge is -2.34. The van der Waals surface area contributed by atoms with Gasteiger partial charge >= 0.3 is 0 Å². The van der Waals surface area contributed by atoms with Crippen LogP contribution in [0.2, 0.25) is 0 Å². The summed E-state index contributed by atoms with van der Waals surface area (Å²) in [5, 5.41) is 11.1. The summed E-state index contributed by atoms with van der Waals surface area (Å²) in [6, 6.07) is 1.99. The van der Waals surface area contributed by atoms with E-state index in [0.29, 0.717) is 5.41 Å². The monoisotopic (exact) mass is 245 g/mol. The molecule has 1 aliphatic heterocycles. The van der Waals surface area contributed by atoms with Crippen molar-refractivity contribution in [1.82, 2.24) is 19.9 Å². The predicted octanol–water partition coefficient (Wildman–Crippen LogP) is 1.53. The normalized spacial score (nSPS) is 18.9. The van der Waals surface area contributed by atoms with Crippen molar-refractivity contribution in [3.05, 3.63) is 24.7 Å². The van der Waals surface area contributed by atoms with Gasteiger partial charge in [-0.25, -0.2) is 9.50 Å². The van der Waals surface area contributed by atoms with E-state index in [4.69, 9.17) is 0 Å². The minimum atomic E-state index is 0.361. The van der Waals surface area contributed by atoms with Gasteiger partial charge in [0.2, 0.25) is 0 Å². The minimum Gasteiger partial charge on any atom is -0.368 e. The van der Waals surface area contributed by atoms with Gasteiger partial charge in [0, 0.05) is 18.9 Å². The standard InChI is InChI=1S/C13H19N5/c1-13(3-6-14-7-4-13)10-16-12-11-2-5-17-18(11)9-8-15-12/h2,5,8-9,14H,3-4,6-7,10H2,1H3,(H,15,16). The van der Waals surface area contributed by atoms with Crippen LogP contribution >= 0.6 is 0 Å². The molecule has 18 heavy (non-hydrogen) atoms. The number of aromatic nitrogens is 3. The lowest BCUT2D eigenvalue weighted by atomic mass is 9.81. The van der Waals surface area contributed by atoms with Crippen LogP contribution in [0.25, 0.3) is 5.52 Å². The SMILES string of the molecule is CC1(CNc2nccn3nccc23)CCNCC1. The molecule has 0 spiro atoms. The van der Waals surface area contributed by atoms with Gasteiger partial charge in [-0.05, 0) is 37.4 Å². The van der Waals surface area contributed by atoms with Crippen LogP contribution in [0.5, 0.6) is 0 Å². The topological polar surface area (TPSA) is 54.2 Å². The fourth-order valence-electron chi connectivity index (χ4n) is 2.50. The largest absolute Gasteiger partial charge is 0.368 e. The Morgan fingerprint density at radius 2 is 2.22 bits per heavy atom. The molecule has 2 aromatic rings. The maximum Gasteiger partial charge on any atom is 0.152 e. The lowest BCUT2D eigenvalue weighted by molar-refractivity contribution is 0.247. The molecule has 0 atom stereocenters. The average molecular weight is 245 g/mol. The van der Waals surface area contributed by atoms with Crippen molar-refractivity contribution in [2.45, 2.75) is 19.8 Å². The fourth-order valence-corrected chi connectivity index (χ4v) is 2.50. The molecule has 1 fully saturated rings. The number of fused-ring (bicyclic) bond motifs is 1. The molecule has 1 aliphatic rings. The van der Waals surface area contributed by atoms with Gasteiger partial charge in [0.25, 0.3) is 0 Å². The highest BCUT2D eigenvalue weighted by Gasteiger charge is 2.26. The number of piperidine rings is 1. The second-order valence-corrected chi connectivity index (χ2v) is 5.35. The highest BCUT2D eigenvalue weighted by atomic mass is 15.2. The van der Waals surface area contributed by atoms with E-state index in [1.54, 1.807) is 12.4 Å². The molecule has 0 aliphatic carbocycles. The zero-order chi connectivity index (χ0) is 12.4. The van der Waals surface area contributed by atoms with Crippen LogP contribution in [0.1, 0.15) is 19.8 Å². The summed E-state index contributed by atoms with van der Waals surface area (Å²) in [5.74, 6) is 0.926. The van der Waals surface area contributed by atoms with Crippen molar-refractivity contribution >= 4 is 11.3 Å². The third kappa shape index (κ3) is 2.18. The van der Waals surface area contributed by atoms with E-state index >= 15 is 0 Å². The van der Waals surface area contributed by atoms with Gasteiger partial charge in [0.1, 0.15) is 5.52 Å². The second kappa shape index (κ2) is 4.57. The van der Waals surface area contributed by atoms with E-state index in [1.165, 1.54) is 12.8 Å². The van der Waals surface area contributed by atoms with Crippen LogP contribution in [0.4, 0.5) is 5.82 Å². The number of anilines is 1. The van der Waals surface area contributed by atoms with Gasteiger partial charge in [-0.15, -0.1) is 0 Å². The van der Waals surface area contributed by atoms with Crippen LogP contribution in [-0.2, 0) is 0 Å². The predicted molar refractivity (Wildman–Crippen MR) is 71.7 cm³/mol. The third-order valence-electron chi connectivity index (χ3n) is 3.82. The second-order valence-electron chi connectivity index (χ2n) is 5.35. The van der Waals surface area contributed by atoms with Crippen LogP contribution in [0.15, 0.2) is 24.7 Å². The van der Waals surface area contributed by atoms with Crippen molar-refractivity contribution < 1.29 is 0 Å². The Morgan fingerprint density at radius 3 is 3.06 bits per heavy atom. The highest BCUT2D eigenvalue weighted by molar-refractivity contribution is 5.66. The van der Waals surface area contributed by atoms with Crippen molar-refractivity contribution in [3.63, 3.8) is 0 Å². The maximum atomic E-state index is 4.41. The molecule has 3 rings (SSSR count). The molecule has 3 heterocycles. The number of nitrogens with zero attached hydrogens (tertiary/aromatic N) is 3. The Hall–Kier alpha value is -1.62. The first kappa shape index (κ1) is 11.5. The number of hydrogen-bond donors (Lipinski definition) is 2. The zero-order valence-electron chi connectivity index (χ0n) is 10.7. The fraction of sp³-hybridized carbons (Fsp3) is 0.538. The molecular formula is C13H19N5. The molecule has 0 radical (unpaired) electrons. The van der Waals surface area contributed by atoms with Crippen LogP contribution in [0.3, 0.4) is 0 Å². The molecule has 0 saturated carbocycles. The van der Waals surface area contributed by atoms with E-state index in [-0.39, 0.29) is 0 Å². The summed E-state index contributed by atoms with van der Waals surface area (Å²) in [7, 11) is 0. The van der Waals surface area contributed by atoms with Crippen molar-refractivity contribution in [2.75, 3.05) is 25.0 Å². The molecule has 5 nitrogen and oxygen atoms in total. The number of rotatable bonds is 3. The average Bonchev–Trinajstić information content (AvgIpc) is 2.86. The van der Waals surface area contributed by atoms with Gasteiger partial charge < -0.3 is 10.6 Å². The van der Waals surface area contributed by atoms with Crippen LogP contribution in [0, 0.1) is 5.41 Å². The Morgan fingerprint density at radius 1 is 1.39 bits per heavy atom. The Labute approximate surface area is 107 Å². The maximum absolute atomic E-state index is 4.41. The van der Waals surface area contributed by atoms with Gasteiger partial charge in [0.05, 0.1) is 6.20 Å². The van der Waals surface area contributed by atoms with Gasteiger partial charge in [0.15, 0.2) is 5.82 Å². The van der Waals surface area contributed by atoms with E-state index < -0.39 is 0 Å². The molecule has 2 aromatic heterocycles. The molecule has 96 valence electrons. The third-order valence-corrected chi connectivity index (χ3v) is 3.82. The first-order valence-electron chi connectivity index (χ1n) is 6.50. The lowest BCUT2D eigenvalue weighted by Crippen LogP contribution is -2.39. The molecule has 0 aromatic carbocycles. The molecule has 0 bridgehead atoms. The summed E-state index contributed by atoms with van der Waals surface area (Å²) in [4.78, 5) is 4.41. The zero-order valence-corrected chi connectivity index (χ0v) is 10.7. The summed E-state index contributed by atoms with van der Waals surface area (Å²) < 4.78 is 1.85. The summed E-state index contributed by atoms with van der Waals surface area (Å²) in [6.07, 6.45) is 7.87. The highest BCUT2D eigenvalue weighted by Crippen LogP contribution is 2.28. The first-order chi connectivity index (χ1) is 8.77. The van der Waals surface area contributed by atoms with Gasteiger partial charge in [-0.3, -0.25) is 0 Å². The summed E-state index contributed by atoms with van der Waals surface area (Å²) >= 11 is 0. The molecular weight excluding hydrogens is 226 g/mol. The molecule has 1 saturated heterocycles. The number of nitrogens with one attached hydrogen (secondary N) is 2. The van der Waals surface area contributed by atoms with Crippen LogP contribution in [-0.4, -0.2) is 34.2 Å². The Bertz CT molecular complexity index is 527. The smallest absolute Gasteiger partial charge is 0.152 e. The van der Waals surface area contributed by atoms with Crippen LogP contribution < -0.4 is 10.6 Å². The van der Waals surface area contributed by atoms with E-state index in [0.717, 1.165) is 31.0 Å². The van der Waals surface area contributed by atoms with Crippen molar-refractivity contribution in [1.29, 1.82) is 0 Å². The minimum absolute atomic E-state index is 0.361. The van der Waals surface area contributed by atoms with E-state index in [2.05, 4.69) is 27.6 Å². The summed E-state index contributed by atoms with van der Waals surface area (Å²) in [5.41, 5.74) is 1.40. The molecule has 0 amide bonds. The quantitative estimate of drug-likeness (QED) is 0.861. The van der Waals surface area contributed by atoms with Gasteiger partial charge in [-0.1, -0.05) is 6.92 Å².